The predicted molar refractivity (Wildman–Crippen MR) is 48.0 cm³/mol. The van der Waals surface area contributed by atoms with Crippen LogP contribution in [0.4, 0.5) is 5.95 Å². The molecule has 1 fully saturated rings. The molecule has 0 bridgehead atoms. The number of nitrogens with one attached hydrogen (secondary N) is 1. The smallest absolute Gasteiger partial charge is 0.240 e. The van der Waals surface area contributed by atoms with Crippen LogP contribution in [-0.4, -0.2) is 32.2 Å². The quantitative estimate of drug-likeness (QED) is 0.638. The highest BCUT2D eigenvalue weighted by Gasteiger charge is 2.22. The molecular weight excluding hydrogens is 184 g/mol. The molecule has 0 aliphatic heterocycles. The highest BCUT2D eigenvalue weighted by Crippen LogP contribution is 2.18. The Morgan fingerprint density at radius 3 is 3.00 bits per heavy atom. The number of hydrogen-bond donors (Lipinski definition) is 2. The average molecular weight is 196 g/mol. The first kappa shape index (κ1) is 8.92. The Labute approximate surface area is 80.6 Å². The van der Waals surface area contributed by atoms with E-state index in [4.69, 9.17) is 5.73 Å². The first-order valence-electron chi connectivity index (χ1n) is 4.56. The van der Waals surface area contributed by atoms with Crippen LogP contribution in [0.25, 0.3) is 0 Å². The maximum atomic E-state index is 11.3. The van der Waals surface area contributed by atoms with Gasteiger partial charge in [0, 0.05) is 12.5 Å². The van der Waals surface area contributed by atoms with Crippen LogP contribution in [0.3, 0.4) is 0 Å². The Morgan fingerprint density at radius 2 is 2.43 bits per heavy atom. The van der Waals surface area contributed by atoms with E-state index < -0.39 is 0 Å². The van der Waals surface area contributed by atoms with Crippen LogP contribution in [0.1, 0.15) is 19.3 Å². The lowest BCUT2D eigenvalue weighted by Crippen LogP contribution is -2.26. The van der Waals surface area contributed by atoms with Crippen molar-refractivity contribution in [2.75, 3.05) is 5.73 Å². The van der Waals surface area contributed by atoms with Crippen LogP contribution in [0.5, 0.6) is 0 Å². The molecule has 0 radical (unpaired) electrons. The standard InChI is InChI=1S/C7H12N6O/c8-7-10-11-12-13(7)4-3-6(14)9-5-1-2-5/h5H,1-4H2,(H,9,14)(H2,8,10,12). The molecule has 1 amide bonds. The molecule has 2 rings (SSSR count). The molecule has 1 aliphatic rings. The van der Waals surface area contributed by atoms with Crippen molar-refractivity contribution in [3.8, 4) is 0 Å². The summed E-state index contributed by atoms with van der Waals surface area (Å²) in [6, 6.07) is 0.397. The number of aryl methyl sites for hydroxylation is 1. The zero-order chi connectivity index (χ0) is 9.97. The lowest BCUT2D eigenvalue weighted by atomic mass is 10.4. The van der Waals surface area contributed by atoms with Crippen LogP contribution in [0.2, 0.25) is 0 Å². The van der Waals surface area contributed by atoms with Crippen molar-refractivity contribution in [1.29, 1.82) is 0 Å². The van der Waals surface area contributed by atoms with Crippen molar-refractivity contribution in [2.24, 2.45) is 0 Å². The van der Waals surface area contributed by atoms with E-state index in [1.54, 1.807) is 0 Å². The molecule has 1 saturated carbocycles. The van der Waals surface area contributed by atoms with Gasteiger partial charge in [-0.1, -0.05) is 5.10 Å². The molecule has 3 N–H and O–H groups in total. The van der Waals surface area contributed by atoms with Gasteiger partial charge in [0.25, 0.3) is 0 Å². The molecule has 1 aliphatic carbocycles. The van der Waals surface area contributed by atoms with Gasteiger partial charge in [0.2, 0.25) is 11.9 Å². The number of carbonyl (C=O) groups is 1. The van der Waals surface area contributed by atoms with Crippen molar-refractivity contribution in [2.45, 2.75) is 31.8 Å². The number of nitrogens with two attached hydrogens (primary N) is 1. The average Bonchev–Trinajstić information content (AvgIpc) is 2.86. The molecule has 0 aromatic carbocycles. The molecular formula is C7H12N6O. The van der Waals surface area contributed by atoms with Crippen molar-refractivity contribution >= 4 is 11.9 Å². The van der Waals surface area contributed by atoms with E-state index in [9.17, 15) is 4.79 Å². The lowest BCUT2D eigenvalue weighted by Gasteiger charge is -2.02. The fourth-order valence-electron chi connectivity index (χ4n) is 1.11. The van der Waals surface area contributed by atoms with Gasteiger partial charge < -0.3 is 11.1 Å². The third-order valence-electron chi connectivity index (χ3n) is 2.05. The zero-order valence-electron chi connectivity index (χ0n) is 7.68. The minimum Gasteiger partial charge on any atom is -0.367 e. The topological polar surface area (TPSA) is 98.7 Å². The van der Waals surface area contributed by atoms with E-state index in [0.717, 1.165) is 12.8 Å². The van der Waals surface area contributed by atoms with E-state index in [1.807, 2.05) is 0 Å². The Balaban J connectivity index is 1.76. The number of anilines is 1. The highest BCUT2D eigenvalue weighted by molar-refractivity contribution is 5.76. The molecule has 0 saturated heterocycles. The van der Waals surface area contributed by atoms with E-state index >= 15 is 0 Å². The summed E-state index contributed by atoms with van der Waals surface area (Å²) in [6.07, 6.45) is 2.56. The second-order valence-corrected chi connectivity index (χ2v) is 3.35. The SMILES string of the molecule is Nc1nnnn1CCC(=O)NC1CC1. The number of carbonyl (C=O) groups excluding carboxylic acids is 1. The zero-order valence-corrected chi connectivity index (χ0v) is 7.68. The van der Waals surface area contributed by atoms with E-state index in [1.165, 1.54) is 4.68 Å². The van der Waals surface area contributed by atoms with Gasteiger partial charge in [-0.05, 0) is 23.3 Å². The number of amides is 1. The third-order valence-corrected chi connectivity index (χ3v) is 2.05. The van der Waals surface area contributed by atoms with Crippen LogP contribution < -0.4 is 11.1 Å². The lowest BCUT2D eigenvalue weighted by molar-refractivity contribution is -0.121. The van der Waals surface area contributed by atoms with Gasteiger partial charge >= 0.3 is 0 Å². The fraction of sp³-hybridized carbons (Fsp3) is 0.714. The number of aromatic nitrogens is 4. The van der Waals surface area contributed by atoms with E-state index in [0.29, 0.717) is 19.0 Å². The summed E-state index contributed by atoms with van der Waals surface area (Å²) in [6.45, 7) is 0.428. The Kier molecular flexibility index (Phi) is 2.30. The molecule has 76 valence electrons. The third kappa shape index (κ3) is 2.18. The summed E-state index contributed by atoms with van der Waals surface area (Å²) in [5, 5.41) is 13.4. The number of hydrogen-bond acceptors (Lipinski definition) is 5. The highest BCUT2D eigenvalue weighted by atomic mass is 16.1. The summed E-state index contributed by atoms with van der Waals surface area (Å²) >= 11 is 0. The minimum absolute atomic E-state index is 0.0300. The second-order valence-electron chi connectivity index (χ2n) is 3.35. The molecule has 14 heavy (non-hydrogen) atoms. The van der Waals surface area contributed by atoms with Gasteiger partial charge in [0.15, 0.2) is 0 Å². The first-order chi connectivity index (χ1) is 6.75. The van der Waals surface area contributed by atoms with Gasteiger partial charge in [-0.2, -0.15) is 0 Å². The maximum absolute atomic E-state index is 11.3. The minimum atomic E-state index is 0.0300. The molecule has 0 unspecified atom stereocenters. The van der Waals surface area contributed by atoms with Crippen LogP contribution in [0.15, 0.2) is 0 Å². The maximum Gasteiger partial charge on any atom is 0.240 e. The Hall–Kier alpha value is -1.66. The Bertz CT molecular complexity index is 331. The number of tetrazole rings is 1. The van der Waals surface area contributed by atoms with Gasteiger partial charge in [-0.25, -0.2) is 4.68 Å². The number of rotatable bonds is 4. The largest absolute Gasteiger partial charge is 0.367 e. The Morgan fingerprint density at radius 1 is 1.64 bits per heavy atom. The second kappa shape index (κ2) is 3.60. The molecule has 0 spiro atoms. The van der Waals surface area contributed by atoms with E-state index in [-0.39, 0.29) is 11.9 Å². The molecule has 0 atom stereocenters. The van der Waals surface area contributed by atoms with Crippen LogP contribution in [0, 0.1) is 0 Å². The monoisotopic (exact) mass is 196 g/mol. The fourth-order valence-corrected chi connectivity index (χ4v) is 1.11. The summed E-state index contributed by atoms with van der Waals surface area (Å²) in [4.78, 5) is 11.3. The predicted octanol–water partition coefficient (Wildman–Crippen LogP) is -1.08. The molecule has 7 heteroatoms. The molecule has 1 heterocycles. The summed E-state index contributed by atoms with van der Waals surface area (Å²) < 4.78 is 1.41. The van der Waals surface area contributed by atoms with Crippen molar-refractivity contribution in [1.82, 2.24) is 25.5 Å². The summed E-state index contributed by atoms with van der Waals surface area (Å²) in [7, 11) is 0. The van der Waals surface area contributed by atoms with E-state index in [2.05, 4.69) is 20.8 Å². The summed E-state index contributed by atoms with van der Waals surface area (Å²) in [5.41, 5.74) is 5.44. The molecule has 1 aromatic heterocycles. The van der Waals surface area contributed by atoms with Crippen molar-refractivity contribution in [3.63, 3.8) is 0 Å². The summed E-state index contributed by atoms with van der Waals surface area (Å²) in [5.74, 6) is 0.270. The first-order valence-corrected chi connectivity index (χ1v) is 4.56. The number of nitrogen functional groups attached to an aromatic ring is 1. The number of nitrogens with zero attached hydrogens (tertiary/aromatic N) is 4. The van der Waals surface area contributed by atoms with Gasteiger partial charge in [0.05, 0.1) is 6.54 Å². The van der Waals surface area contributed by atoms with Crippen LogP contribution in [-0.2, 0) is 11.3 Å². The molecule has 7 nitrogen and oxygen atoms in total. The van der Waals surface area contributed by atoms with Gasteiger partial charge in [-0.3, -0.25) is 4.79 Å². The van der Waals surface area contributed by atoms with Gasteiger partial charge in [0.1, 0.15) is 0 Å². The van der Waals surface area contributed by atoms with Crippen molar-refractivity contribution in [3.05, 3.63) is 0 Å². The normalized spacial score (nSPS) is 15.4. The van der Waals surface area contributed by atoms with Crippen LogP contribution >= 0.6 is 0 Å². The molecule has 1 aromatic rings. The van der Waals surface area contributed by atoms with Gasteiger partial charge in [-0.15, -0.1) is 0 Å². The van der Waals surface area contributed by atoms with Crippen molar-refractivity contribution < 1.29 is 4.79 Å².